The summed E-state index contributed by atoms with van der Waals surface area (Å²) < 4.78 is 5.75. The third kappa shape index (κ3) is 3.01. The number of hydrogen-bond acceptors (Lipinski definition) is 2. The molecule has 0 aromatic heterocycles. The van der Waals surface area contributed by atoms with E-state index in [2.05, 4.69) is 43.4 Å². The molecule has 2 heteroatoms. The van der Waals surface area contributed by atoms with Gasteiger partial charge in [0, 0.05) is 18.5 Å². The lowest BCUT2D eigenvalue weighted by atomic mass is 9.79. The first kappa shape index (κ1) is 13.9. The van der Waals surface area contributed by atoms with Crippen molar-refractivity contribution in [1.82, 2.24) is 5.32 Å². The fraction of sp³-hybridized carbons (Fsp3) is 0.667. The van der Waals surface area contributed by atoms with Crippen molar-refractivity contribution >= 4 is 0 Å². The molecule has 20 heavy (non-hydrogen) atoms. The summed E-state index contributed by atoms with van der Waals surface area (Å²) in [4.78, 5) is 0. The maximum absolute atomic E-state index is 5.75. The van der Waals surface area contributed by atoms with Gasteiger partial charge in [-0.3, -0.25) is 0 Å². The minimum Gasteiger partial charge on any atom is -0.493 e. The molecule has 1 saturated carbocycles. The van der Waals surface area contributed by atoms with E-state index in [9.17, 15) is 0 Å². The largest absolute Gasteiger partial charge is 0.493 e. The average Bonchev–Trinajstić information content (AvgIpc) is 2.48. The van der Waals surface area contributed by atoms with E-state index < -0.39 is 0 Å². The highest BCUT2D eigenvalue weighted by molar-refractivity contribution is 5.37. The quantitative estimate of drug-likeness (QED) is 0.900. The summed E-state index contributed by atoms with van der Waals surface area (Å²) >= 11 is 0. The van der Waals surface area contributed by atoms with Gasteiger partial charge in [-0.1, -0.05) is 32.0 Å². The zero-order valence-electron chi connectivity index (χ0n) is 12.8. The minimum atomic E-state index is 0.620. The maximum Gasteiger partial charge on any atom is 0.122 e. The second-order valence-corrected chi connectivity index (χ2v) is 6.74. The van der Waals surface area contributed by atoms with Crippen molar-refractivity contribution in [2.45, 2.75) is 51.5 Å². The first-order valence-electron chi connectivity index (χ1n) is 8.19. The molecule has 1 N–H and O–H groups in total. The number of ether oxygens (including phenoxy) is 1. The van der Waals surface area contributed by atoms with E-state index in [0.717, 1.165) is 43.2 Å². The summed E-state index contributed by atoms with van der Waals surface area (Å²) in [6, 6.07) is 9.25. The van der Waals surface area contributed by atoms with Crippen molar-refractivity contribution < 1.29 is 4.74 Å². The Morgan fingerprint density at radius 3 is 2.80 bits per heavy atom. The summed E-state index contributed by atoms with van der Waals surface area (Å²) in [6.45, 7) is 6.77. The van der Waals surface area contributed by atoms with Crippen LogP contribution in [0, 0.1) is 11.8 Å². The van der Waals surface area contributed by atoms with Gasteiger partial charge in [-0.05, 0) is 49.1 Å². The molecule has 110 valence electrons. The number of nitrogens with one attached hydrogen (secondary N) is 1. The van der Waals surface area contributed by atoms with Gasteiger partial charge < -0.3 is 10.1 Å². The summed E-state index contributed by atoms with van der Waals surface area (Å²) in [5.74, 6) is 3.48. The molecule has 1 aliphatic heterocycles. The van der Waals surface area contributed by atoms with Gasteiger partial charge in [-0.2, -0.15) is 0 Å². The molecule has 2 nitrogen and oxygen atoms in total. The molecule has 1 aliphatic carbocycles. The Morgan fingerprint density at radius 1 is 1.10 bits per heavy atom. The van der Waals surface area contributed by atoms with E-state index in [1.165, 1.54) is 24.8 Å². The van der Waals surface area contributed by atoms with Crippen molar-refractivity contribution in [2.24, 2.45) is 11.8 Å². The Balaban J connectivity index is 1.57. The number of fused-ring (bicyclic) bond motifs is 1. The molecule has 4 atom stereocenters. The van der Waals surface area contributed by atoms with E-state index in [4.69, 9.17) is 4.74 Å². The van der Waals surface area contributed by atoms with Gasteiger partial charge >= 0.3 is 0 Å². The van der Waals surface area contributed by atoms with Crippen LogP contribution in [0.5, 0.6) is 5.75 Å². The van der Waals surface area contributed by atoms with Gasteiger partial charge in [0.25, 0.3) is 0 Å². The van der Waals surface area contributed by atoms with Crippen LogP contribution in [0.3, 0.4) is 0 Å². The summed E-state index contributed by atoms with van der Waals surface area (Å²) in [6.07, 6.45) is 5.20. The Hall–Kier alpha value is -1.02. The first-order chi connectivity index (χ1) is 9.74. The Labute approximate surface area is 122 Å². The number of rotatable bonds is 3. The van der Waals surface area contributed by atoms with Gasteiger partial charge in [0.2, 0.25) is 0 Å². The Kier molecular flexibility index (Phi) is 4.30. The normalized spacial score (nSPS) is 33.3. The minimum absolute atomic E-state index is 0.620. The monoisotopic (exact) mass is 273 g/mol. The van der Waals surface area contributed by atoms with Crippen LogP contribution in [0.4, 0.5) is 0 Å². The highest BCUT2D eigenvalue weighted by atomic mass is 16.5. The molecule has 0 bridgehead atoms. The van der Waals surface area contributed by atoms with Crippen LogP contribution in [-0.2, 0) is 0 Å². The summed E-state index contributed by atoms with van der Waals surface area (Å²) in [5, 5.41) is 3.83. The fourth-order valence-electron chi connectivity index (χ4n) is 3.67. The zero-order chi connectivity index (χ0) is 13.9. The summed E-state index contributed by atoms with van der Waals surface area (Å²) in [7, 11) is 0. The summed E-state index contributed by atoms with van der Waals surface area (Å²) in [5.41, 5.74) is 1.39. The van der Waals surface area contributed by atoms with Crippen LogP contribution < -0.4 is 10.1 Å². The smallest absolute Gasteiger partial charge is 0.122 e. The van der Waals surface area contributed by atoms with Crippen molar-refractivity contribution in [3.05, 3.63) is 29.8 Å². The van der Waals surface area contributed by atoms with Crippen molar-refractivity contribution in [1.29, 1.82) is 0 Å². The molecule has 1 aromatic carbocycles. The van der Waals surface area contributed by atoms with E-state index in [1.54, 1.807) is 0 Å². The lowest BCUT2D eigenvalue weighted by Crippen LogP contribution is -2.39. The molecule has 4 unspecified atom stereocenters. The van der Waals surface area contributed by atoms with Crippen LogP contribution in [0.1, 0.15) is 51.0 Å². The van der Waals surface area contributed by atoms with Gasteiger partial charge in [0.05, 0.1) is 6.61 Å². The number of hydrogen-bond donors (Lipinski definition) is 1. The maximum atomic E-state index is 5.75. The highest BCUT2D eigenvalue weighted by Gasteiger charge is 2.26. The van der Waals surface area contributed by atoms with Crippen LogP contribution in [0.2, 0.25) is 0 Å². The van der Waals surface area contributed by atoms with Gasteiger partial charge in [0.15, 0.2) is 0 Å². The fourth-order valence-corrected chi connectivity index (χ4v) is 3.67. The van der Waals surface area contributed by atoms with Crippen molar-refractivity contribution in [3.63, 3.8) is 0 Å². The highest BCUT2D eigenvalue weighted by Crippen LogP contribution is 2.34. The lowest BCUT2D eigenvalue weighted by Gasteiger charge is -2.34. The predicted molar refractivity (Wildman–Crippen MR) is 83.3 cm³/mol. The lowest BCUT2D eigenvalue weighted by molar-refractivity contribution is 0.216. The van der Waals surface area contributed by atoms with Crippen LogP contribution >= 0.6 is 0 Å². The van der Waals surface area contributed by atoms with Gasteiger partial charge in [0.1, 0.15) is 5.75 Å². The second kappa shape index (κ2) is 6.17. The number of benzene rings is 1. The van der Waals surface area contributed by atoms with E-state index in [-0.39, 0.29) is 0 Å². The SMILES string of the molecule is CC1CCC(NCC2CCOc3ccccc32)CC1C. The average molecular weight is 273 g/mol. The molecule has 0 spiro atoms. The molecule has 1 aromatic rings. The van der Waals surface area contributed by atoms with Crippen LogP contribution in [0.15, 0.2) is 24.3 Å². The third-order valence-electron chi connectivity index (χ3n) is 5.33. The molecule has 2 aliphatic rings. The van der Waals surface area contributed by atoms with E-state index in [1.807, 2.05) is 0 Å². The molecule has 0 radical (unpaired) electrons. The van der Waals surface area contributed by atoms with E-state index in [0.29, 0.717) is 5.92 Å². The topological polar surface area (TPSA) is 21.3 Å². The van der Waals surface area contributed by atoms with Crippen molar-refractivity contribution in [3.8, 4) is 5.75 Å². The molecular formula is C18H27NO. The molecular weight excluding hydrogens is 246 g/mol. The van der Waals surface area contributed by atoms with Crippen LogP contribution in [0.25, 0.3) is 0 Å². The van der Waals surface area contributed by atoms with Gasteiger partial charge in [-0.15, -0.1) is 0 Å². The predicted octanol–water partition coefficient (Wildman–Crippen LogP) is 3.97. The van der Waals surface area contributed by atoms with Gasteiger partial charge in [-0.25, -0.2) is 0 Å². The Morgan fingerprint density at radius 2 is 1.95 bits per heavy atom. The molecule has 3 rings (SSSR count). The molecule has 1 heterocycles. The molecule has 0 amide bonds. The Bertz CT molecular complexity index is 445. The first-order valence-corrected chi connectivity index (χ1v) is 8.19. The molecule has 0 saturated heterocycles. The van der Waals surface area contributed by atoms with E-state index >= 15 is 0 Å². The second-order valence-electron chi connectivity index (χ2n) is 6.74. The zero-order valence-corrected chi connectivity index (χ0v) is 12.8. The molecule has 1 fully saturated rings. The number of para-hydroxylation sites is 1. The standard InChI is InChI=1S/C18H27NO/c1-13-7-8-16(11-14(13)2)19-12-15-9-10-20-18-6-4-3-5-17(15)18/h3-6,13-16,19H,7-12H2,1-2H3. The van der Waals surface area contributed by atoms with Crippen LogP contribution in [-0.4, -0.2) is 19.2 Å². The third-order valence-corrected chi connectivity index (χ3v) is 5.33. The van der Waals surface area contributed by atoms with Crippen molar-refractivity contribution in [2.75, 3.05) is 13.2 Å².